The normalized spacial score (nSPS) is 11.8. The second-order valence-electron chi connectivity index (χ2n) is 6.62. The van der Waals surface area contributed by atoms with Gasteiger partial charge in [0.2, 0.25) is 0 Å². The van der Waals surface area contributed by atoms with Crippen molar-refractivity contribution >= 4 is 23.4 Å². The van der Waals surface area contributed by atoms with E-state index in [4.69, 9.17) is 0 Å². The number of nitrogens with zero attached hydrogens (tertiary/aromatic N) is 4. The molecule has 2 aromatic carbocycles. The van der Waals surface area contributed by atoms with Crippen LogP contribution in [-0.2, 0) is 12.8 Å². The topological polar surface area (TPSA) is 103 Å². The van der Waals surface area contributed by atoms with Crippen molar-refractivity contribution in [2.24, 2.45) is 7.05 Å². The molecule has 1 heterocycles. The summed E-state index contributed by atoms with van der Waals surface area (Å²) in [4.78, 5) is 22.9. The van der Waals surface area contributed by atoms with Gasteiger partial charge in [-0.1, -0.05) is 42.1 Å². The summed E-state index contributed by atoms with van der Waals surface area (Å²) < 4.78 is 1.85. The van der Waals surface area contributed by atoms with Crippen LogP contribution in [0.15, 0.2) is 53.7 Å². The van der Waals surface area contributed by atoms with Crippen LogP contribution in [0.1, 0.15) is 40.3 Å². The third-order valence-corrected chi connectivity index (χ3v) is 5.60. The van der Waals surface area contributed by atoms with Gasteiger partial charge in [-0.3, -0.25) is 14.9 Å². The molecule has 0 bridgehead atoms. The van der Waals surface area contributed by atoms with Crippen LogP contribution in [0.2, 0.25) is 0 Å². The summed E-state index contributed by atoms with van der Waals surface area (Å²) in [5, 5.41) is 22.8. The van der Waals surface area contributed by atoms with Gasteiger partial charge in [0, 0.05) is 30.5 Å². The van der Waals surface area contributed by atoms with Crippen molar-refractivity contribution in [3.63, 3.8) is 0 Å². The molecular weight excluding hydrogens is 390 g/mol. The van der Waals surface area contributed by atoms with Gasteiger partial charge in [0.05, 0.1) is 11.0 Å². The summed E-state index contributed by atoms with van der Waals surface area (Å²) in [6.45, 7) is 3.76. The van der Waals surface area contributed by atoms with Crippen molar-refractivity contribution in [1.82, 2.24) is 20.1 Å². The number of nitrogens with one attached hydrogen (secondary N) is 1. The first-order valence-corrected chi connectivity index (χ1v) is 9.97. The molecule has 0 radical (unpaired) electrons. The summed E-state index contributed by atoms with van der Waals surface area (Å²) in [5.74, 6) is 1.10. The zero-order valence-electron chi connectivity index (χ0n) is 16.3. The number of nitro benzene ring substituents is 1. The van der Waals surface area contributed by atoms with Crippen molar-refractivity contribution < 1.29 is 9.72 Å². The maximum absolute atomic E-state index is 12.5. The molecule has 0 saturated carbocycles. The predicted octanol–water partition coefficient (Wildman–Crippen LogP) is 3.82. The van der Waals surface area contributed by atoms with E-state index in [1.54, 1.807) is 18.2 Å². The Morgan fingerprint density at radius 2 is 1.90 bits per heavy atom. The number of hydrogen-bond donors (Lipinski definition) is 1. The van der Waals surface area contributed by atoms with Crippen molar-refractivity contribution in [3.05, 3.63) is 81.2 Å². The number of amides is 1. The molecule has 0 aliphatic heterocycles. The number of aryl methyl sites for hydroxylation is 1. The van der Waals surface area contributed by atoms with Gasteiger partial charge >= 0.3 is 0 Å². The minimum Gasteiger partial charge on any atom is -0.342 e. The van der Waals surface area contributed by atoms with E-state index < -0.39 is 4.92 Å². The molecule has 0 aliphatic carbocycles. The zero-order valence-corrected chi connectivity index (χ0v) is 17.1. The molecular formula is C20H21N5O3S. The summed E-state index contributed by atoms with van der Waals surface area (Å²) in [5.41, 5.74) is 2.56. The number of carbonyl (C=O) groups excluding carboxylic acids is 1. The number of benzene rings is 2. The fourth-order valence-corrected chi connectivity index (χ4v) is 3.73. The zero-order chi connectivity index (χ0) is 21.0. The first-order valence-electron chi connectivity index (χ1n) is 8.98. The van der Waals surface area contributed by atoms with Crippen molar-refractivity contribution in [3.8, 4) is 0 Å². The molecule has 8 nitrogen and oxygen atoms in total. The second kappa shape index (κ2) is 8.87. The molecule has 1 N–H and O–H groups in total. The SMILES string of the molecule is Cc1ccccc1C(=O)N[C@H](C)c1nnc(SCc2ccc([N+](=O)[O-])cc2)n1C. The van der Waals surface area contributed by atoms with Crippen LogP contribution >= 0.6 is 11.8 Å². The number of non-ortho nitro benzene ring substituents is 1. The van der Waals surface area contributed by atoms with Crippen molar-refractivity contribution in [1.29, 1.82) is 0 Å². The highest BCUT2D eigenvalue weighted by Crippen LogP contribution is 2.24. The van der Waals surface area contributed by atoms with Crippen LogP contribution in [0.3, 0.4) is 0 Å². The lowest BCUT2D eigenvalue weighted by Crippen LogP contribution is -2.29. The fraction of sp³-hybridized carbons (Fsp3) is 0.250. The highest BCUT2D eigenvalue weighted by Gasteiger charge is 2.19. The highest BCUT2D eigenvalue weighted by atomic mass is 32.2. The Kier molecular flexibility index (Phi) is 6.28. The number of rotatable bonds is 7. The summed E-state index contributed by atoms with van der Waals surface area (Å²) in [6.07, 6.45) is 0. The van der Waals surface area contributed by atoms with Gasteiger partial charge < -0.3 is 9.88 Å². The molecule has 150 valence electrons. The second-order valence-corrected chi connectivity index (χ2v) is 7.56. The van der Waals surface area contributed by atoms with E-state index in [0.717, 1.165) is 11.1 Å². The Labute approximate surface area is 172 Å². The largest absolute Gasteiger partial charge is 0.342 e. The fourth-order valence-electron chi connectivity index (χ4n) is 2.86. The minimum absolute atomic E-state index is 0.0675. The Bertz CT molecular complexity index is 1030. The average Bonchev–Trinajstić information content (AvgIpc) is 3.07. The van der Waals surface area contributed by atoms with Crippen LogP contribution in [0.25, 0.3) is 0 Å². The van der Waals surface area contributed by atoms with Gasteiger partial charge in [-0.25, -0.2) is 0 Å². The molecule has 1 atom stereocenters. The number of nitro groups is 1. The van der Waals surface area contributed by atoms with E-state index in [9.17, 15) is 14.9 Å². The molecule has 0 aliphatic rings. The Morgan fingerprint density at radius 3 is 2.55 bits per heavy atom. The summed E-state index contributed by atoms with van der Waals surface area (Å²) in [7, 11) is 1.85. The summed E-state index contributed by atoms with van der Waals surface area (Å²) >= 11 is 1.48. The lowest BCUT2D eigenvalue weighted by Gasteiger charge is -2.14. The lowest BCUT2D eigenvalue weighted by atomic mass is 10.1. The van der Waals surface area contributed by atoms with E-state index in [1.165, 1.54) is 23.9 Å². The highest BCUT2D eigenvalue weighted by molar-refractivity contribution is 7.98. The van der Waals surface area contributed by atoms with Gasteiger partial charge in [0.1, 0.15) is 0 Å². The predicted molar refractivity (Wildman–Crippen MR) is 111 cm³/mol. The average molecular weight is 411 g/mol. The summed E-state index contributed by atoms with van der Waals surface area (Å²) in [6, 6.07) is 13.5. The van der Waals surface area contributed by atoms with Gasteiger partial charge in [-0.2, -0.15) is 0 Å². The molecule has 0 spiro atoms. The lowest BCUT2D eigenvalue weighted by molar-refractivity contribution is -0.384. The number of hydrogen-bond acceptors (Lipinski definition) is 6. The molecule has 1 amide bonds. The van der Waals surface area contributed by atoms with Gasteiger partial charge in [-0.05, 0) is 31.0 Å². The van der Waals surface area contributed by atoms with E-state index >= 15 is 0 Å². The molecule has 0 unspecified atom stereocenters. The number of carbonyl (C=O) groups is 1. The van der Waals surface area contributed by atoms with E-state index in [2.05, 4.69) is 15.5 Å². The molecule has 3 rings (SSSR count). The molecule has 9 heteroatoms. The van der Waals surface area contributed by atoms with Crippen LogP contribution in [0, 0.1) is 17.0 Å². The van der Waals surface area contributed by atoms with Gasteiger partial charge in [0.25, 0.3) is 11.6 Å². The number of aromatic nitrogens is 3. The quantitative estimate of drug-likeness (QED) is 0.360. The first kappa shape index (κ1) is 20.5. The molecule has 0 fully saturated rings. The van der Waals surface area contributed by atoms with E-state index in [1.807, 2.05) is 43.7 Å². The monoisotopic (exact) mass is 411 g/mol. The van der Waals surface area contributed by atoms with Crippen LogP contribution in [0.5, 0.6) is 0 Å². The van der Waals surface area contributed by atoms with Crippen LogP contribution in [-0.4, -0.2) is 25.6 Å². The minimum atomic E-state index is -0.418. The maximum atomic E-state index is 12.5. The van der Waals surface area contributed by atoms with E-state index in [0.29, 0.717) is 22.3 Å². The number of thioether (sulfide) groups is 1. The van der Waals surface area contributed by atoms with Crippen molar-refractivity contribution in [2.75, 3.05) is 0 Å². The van der Waals surface area contributed by atoms with Gasteiger partial charge in [-0.15, -0.1) is 10.2 Å². The third-order valence-electron chi connectivity index (χ3n) is 4.51. The van der Waals surface area contributed by atoms with Crippen LogP contribution in [0.4, 0.5) is 5.69 Å². The third kappa shape index (κ3) is 4.80. The molecule has 0 saturated heterocycles. The Hall–Kier alpha value is -3.20. The molecule has 29 heavy (non-hydrogen) atoms. The van der Waals surface area contributed by atoms with Gasteiger partial charge in [0.15, 0.2) is 11.0 Å². The van der Waals surface area contributed by atoms with Crippen molar-refractivity contribution in [2.45, 2.75) is 30.8 Å². The van der Waals surface area contributed by atoms with Crippen LogP contribution < -0.4 is 5.32 Å². The standard InChI is InChI=1S/C20H21N5O3S/c1-13-6-4-5-7-17(13)19(26)21-14(2)18-22-23-20(24(18)3)29-12-15-8-10-16(11-9-15)25(27)28/h4-11,14H,12H2,1-3H3,(H,21,26)/t14-/m1/s1. The molecule has 3 aromatic rings. The maximum Gasteiger partial charge on any atom is 0.269 e. The molecule has 1 aromatic heterocycles. The Morgan fingerprint density at radius 1 is 1.21 bits per heavy atom. The smallest absolute Gasteiger partial charge is 0.269 e. The Balaban J connectivity index is 1.64. The first-order chi connectivity index (χ1) is 13.9. The van der Waals surface area contributed by atoms with E-state index in [-0.39, 0.29) is 17.6 Å².